The first kappa shape index (κ1) is 20.0. The fraction of sp³-hybridized carbons (Fsp3) is 0.273. The molecule has 28 heavy (non-hydrogen) atoms. The number of nitrogens with zero attached hydrogens (tertiary/aromatic N) is 2. The van der Waals surface area contributed by atoms with Gasteiger partial charge in [0.05, 0.1) is 5.69 Å². The molecular weight excluding hydrogens is 370 g/mol. The number of hydrogen-bond acceptors (Lipinski definition) is 3. The van der Waals surface area contributed by atoms with Gasteiger partial charge < -0.3 is 5.32 Å². The van der Waals surface area contributed by atoms with Gasteiger partial charge in [0.2, 0.25) is 0 Å². The second-order valence-electron chi connectivity index (χ2n) is 7.12. The van der Waals surface area contributed by atoms with Crippen molar-refractivity contribution in [3.63, 3.8) is 0 Å². The van der Waals surface area contributed by atoms with Gasteiger partial charge in [-0.05, 0) is 48.2 Å². The summed E-state index contributed by atoms with van der Waals surface area (Å²) in [6.07, 6.45) is 1.67. The Morgan fingerprint density at radius 2 is 1.86 bits per heavy atom. The predicted molar refractivity (Wildman–Crippen MR) is 115 cm³/mol. The number of amides is 1. The van der Waals surface area contributed by atoms with Gasteiger partial charge >= 0.3 is 0 Å². The highest BCUT2D eigenvalue weighted by Gasteiger charge is 2.18. The van der Waals surface area contributed by atoms with E-state index < -0.39 is 10.8 Å². The maximum absolute atomic E-state index is 12.9. The van der Waals surface area contributed by atoms with Crippen molar-refractivity contribution in [1.29, 1.82) is 0 Å². The maximum atomic E-state index is 12.9. The number of rotatable bonds is 6. The first-order valence-electron chi connectivity index (χ1n) is 9.22. The quantitative estimate of drug-likeness (QED) is 0.671. The van der Waals surface area contributed by atoms with Gasteiger partial charge in [-0.1, -0.05) is 44.2 Å². The molecule has 1 amide bonds. The minimum atomic E-state index is -0.938. The maximum Gasteiger partial charge on any atom is 0.276 e. The Morgan fingerprint density at radius 1 is 1.14 bits per heavy atom. The normalized spacial score (nSPS) is 12.2. The zero-order valence-electron chi connectivity index (χ0n) is 16.6. The molecule has 3 rings (SSSR count). The molecule has 1 N–H and O–H groups in total. The van der Waals surface area contributed by atoms with E-state index >= 15 is 0 Å². The number of nitrogens with one attached hydrogen (secondary N) is 1. The number of benzene rings is 2. The molecule has 0 aliphatic heterocycles. The fourth-order valence-corrected chi connectivity index (χ4v) is 3.83. The largest absolute Gasteiger partial charge is 0.320 e. The van der Waals surface area contributed by atoms with Crippen LogP contribution in [0.25, 0.3) is 5.69 Å². The van der Waals surface area contributed by atoms with Crippen molar-refractivity contribution in [2.24, 2.45) is 0 Å². The van der Waals surface area contributed by atoms with Crippen molar-refractivity contribution in [2.75, 3.05) is 11.6 Å². The Morgan fingerprint density at radius 3 is 2.50 bits per heavy atom. The van der Waals surface area contributed by atoms with Crippen LogP contribution in [-0.4, -0.2) is 26.2 Å². The number of carbonyl (C=O) groups is 1. The van der Waals surface area contributed by atoms with Crippen LogP contribution in [0.1, 0.15) is 47.1 Å². The summed E-state index contributed by atoms with van der Waals surface area (Å²) in [5, 5.41) is 7.51. The highest BCUT2D eigenvalue weighted by Crippen LogP contribution is 2.23. The number of carbonyl (C=O) groups excluding carboxylic acids is 1. The van der Waals surface area contributed by atoms with E-state index in [0.717, 1.165) is 22.5 Å². The third-order valence-corrected chi connectivity index (χ3v) is 5.33. The van der Waals surface area contributed by atoms with E-state index in [1.54, 1.807) is 6.26 Å². The van der Waals surface area contributed by atoms with Gasteiger partial charge in [-0.2, -0.15) is 5.10 Å². The van der Waals surface area contributed by atoms with Crippen LogP contribution in [0.5, 0.6) is 0 Å². The van der Waals surface area contributed by atoms with E-state index in [9.17, 15) is 9.00 Å². The Labute approximate surface area is 168 Å². The SMILES string of the molecule is Cc1c(C[S@](C)=O)cccc1NC(=O)c1cc(C(C)C)n(-c2ccccc2)n1. The molecule has 1 heterocycles. The van der Waals surface area contributed by atoms with Crippen molar-refractivity contribution in [3.8, 4) is 5.69 Å². The summed E-state index contributed by atoms with van der Waals surface area (Å²) >= 11 is 0. The van der Waals surface area contributed by atoms with Crippen LogP contribution >= 0.6 is 0 Å². The van der Waals surface area contributed by atoms with Gasteiger partial charge in [-0.25, -0.2) is 4.68 Å². The Bertz CT molecular complexity index is 1010. The minimum absolute atomic E-state index is 0.221. The summed E-state index contributed by atoms with van der Waals surface area (Å²) < 4.78 is 13.4. The van der Waals surface area contributed by atoms with E-state index in [2.05, 4.69) is 24.3 Å². The molecule has 0 aliphatic carbocycles. The summed E-state index contributed by atoms with van der Waals surface area (Å²) in [4.78, 5) is 12.9. The molecule has 0 fully saturated rings. The van der Waals surface area contributed by atoms with Crippen LogP contribution in [0.3, 0.4) is 0 Å². The molecular formula is C22H25N3O2S. The lowest BCUT2D eigenvalue weighted by molar-refractivity contribution is 0.102. The average molecular weight is 396 g/mol. The van der Waals surface area contributed by atoms with Gasteiger partial charge in [-0.15, -0.1) is 0 Å². The second-order valence-corrected chi connectivity index (χ2v) is 8.55. The van der Waals surface area contributed by atoms with E-state index in [0.29, 0.717) is 17.1 Å². The third kappa shape index (κ3) is 4.39. The predicted octanol–water partition coefficient (Wildman–Crippen LogP) is 4.43. The van der Waals surface area contributed by atoms with Crippen LogP contribution in [0.15, 0.2) is 54.6 Å². The number of anilines is 1. The molecule has 6 heteroatoms. The highest BCUT2D eigenvalue weighted by molar-refractivity contribution is 7.83. The first-order chi connectivity index (χ1) is 13.4. The first-order valence-corrected chi connectivity index (χ1v) is 10.9. The van der Waals surface area contributed by atoms with E-state index in [1.165, 1.54) is 0 Å². The van der Waals surface area contributed by atoms with Gasteiger partial charge in [0.15, 0.2) is 5.69 Å². The molecule has 3 aromatic rings. The Hall–Kier alpha value is -2.73. The molecule has 1 aromatic heterocycles. The zero-order valence-corrected chi connectivity index (χ0v) is 17.4. The zero-order chi connectivity index (χ0) is 20.3. The topological polar surface area (TPSA) is 64.0 Å². The molecule has 0 spiro atoms. The highest BCUT2D eigenvalue weighted by atomic mass is 32.2. The number of para-hydroxylation sites is 1. The van der Waals surface area contributed by atoms with E-state index in [1.807, 2.05) is 66.2 Å². The van der Waals surface area contributed by atoms with Crippen molar-refractivity contribution < 1.29 is 9.00 Å². The lowest BCUT2D eigenvalue weighted by Gasteiger charge is -2.11. The summed E-state index contributed by atoms with van der Waals surface area (Å²) in [7, 11) is -0.938. The molecule has 0 bridgehead atoms. The van der Waals surface area contributed by atoms with E-state index in [4.69, 9.17) is 0 Å². The molecule has 5 nitrogen and oxygen atoms in total. The average Bonchev–Trinajstić information content (AvgIpc) is 3.11. The number of hydrogen-bond donors (Lipinski definition) is 1. The van der Waals surface area contributed by atoms with Crippen molar-refractivity contribution in [1.82, 2.24) is 9.78 Å². The van der Waals surface area contributed by atoms with E-state index in [-0.39, 0.29) is 11.8 Å². The lowest BCUT2D eigenvalue weighted by atomic mass is 10.1. The molecule has 0 saturated carbocycles. The van der Waals surface area contributed by atoms with Gasteiger partial charge in [0.1, 0.15) is 0 Å². The molecule has 1 atom stereocenters. The summed E-state index contributed by atoms with van der Waals surface area (Å²) in [5.41, 5.74) is 4.88. The fourth-order valence-electron chi connectivity index (χ4n) is 3.07. The van der Waals surface area contributed by atoms with Crippen molar-refractivity contribution >= 4 is 22.4 Å². The van der Waals surface area contributed by atoms with Crippen LogP contribution in [0, 0.1) is 6.92 Å². The Balaban J connectivity index is 1.91. The smallest absolute Gasteiger partial charge is 0.276 e. The molecule has 0 saturated heterocycles. The standard InChI is InChI=1S/C22H25N3O2S/c1-15(2)21-13-20(24-25(21)18-10-6-5-7-11-18)22(26)23-19-12-8-9-17(16(19)3)14-28(4)27/h5-13,15H,14H2,1-4H3,(H,23,26)/t28-/m0/s1. The number of aromatic nitrogens is 2. The van der Waals surface area contributed by atoms with Gasteiger partial charge in [0.25, 0.3) is 5.91 Å². The molecule has 0 radical (unpaired) electrons. The molecule has 0 aliphatic rings. The second kappa shape index (κ2) is 8.52. The molecule has 0 unspecified atom stereocenters. The van der Waals surface area contributed by atoms with Crippen LogP contribution in [0.4, 0.5) is 5.69 Å². The van der Waals surface area contributed by atoms with Crippen molar-refractivity contribution in [2.45, 2.75) is 32.4 Å². The van der Waals surface area contributed by atoms with Crippen LogP contribution in [-0.2, 0) is 16.6 Å². The summed E-state index contributed by atoms with van der Waals surface area (Å²) in [5.74, 6) is 0.434. The van der Waals surface area contributed by atoms with Crippen LogP contribution < -0.4 is 5.32 Å². The monoisotopic (exact) mass is 395 g/mol. The summed E-state index contributed by atoms with van der Waals surface area (Å²) in [6, 6.07) is 17.3. The van der Waals surface area contributed by atoms with Crippen molar-refractivity contribution in [3.05, 3.63) is 77.1 Å². The van der Waals surface area contributed by atoms with Crippen LogP contribution in [0.2, 0.25) is 0 Å². The van der Waals surface area contributed by atoms with Gasteiger partial charge in [-0.3, -0.25) is 9.00 Å². The van der Waals surface area contributed by atoms with Gasteiger partial charge in [0, 0.05) is 34.2 Å². The Kier molecular flexibility index (Phi) is 6.09. The third-order valence-electron chi connectivity index (χ3n) is 4.61. The lowest BCUT2D eigenvalue weighted by Crippen LogP contribution is -2.14. The summed E-state index contributed by atoms with van der Waals surface area (Å²) in [6.45, 7) is 6.09. The molecule has 146 valence electrons. The minimum Gasteiger partial charge on any atom is -0.320 e. The molecule has 2 aromatic carbocycles.